The van der Waals surface area contributed by atoms with Gasteiger partial charge in [0.2, 0.25) is 0 Å². The SMILES string of the molecule is C1=CC=C(c2ccc(N(c3ccc(-c4ccccc4)cc3)c3ccc(-c4ccc(N(c5cccc(-c6ccccc6)c5)c5cccc(-c6ccccc6)c5)cc4)cc3)cc2)C=1. The van der Waals surface area contributed by atoms with Crippen molar-refractivity contribution in [2.45, 2.75) is 0 Å². The van der Waals surface area contributed by atoms with E-state index in [1.807, 2.05) is 12.2 Å². The number of nitrogens with zero attached hydrogens (tertiary/aromatic N) is 2. The Hall–Kier alpha value is -8.16. The van der Waals surface area contributed by atoms with Gasteiger partial charge in [0.25, 0.3) is 0 Å². The fraction of sp³-hybridized carbons (Fsp3) is 0. The average molecular weight is 779 g/mol. The Bertz CT molecular complexity index is 2910. The highest BCUT2D eigenvalue weighted by Crippen LogP contribution is 2.41. The number of rotatable bonds is 11. The summed E-state index contributed by atoms with van der Waals surface area (Å²) in [6, 6.07) is 84.9. The highest BCUT2D eigenvalue weighted by atomic mass is 15.1. The van der Waals surface area contributed by atoms with E-state index in [4.69, 9.17) is 0 Å². The van der Waals surface area contributed by atoms with Gasteiger partial charge < -0.3 is 9.80 Å². The summed E-state index contributed by atoms with van der Waals surface area (Å²) in [7, 11) is 0. The number of allylic oxidation sites excluding steroid dienone is 3. The average Bonchev–Trinajstić information content (AvgIpc) is 3.90. The van der Waals surface area contributed by atoms with Crippen LogP contribution in [0.3, 0.4) is 0 Å². The molecule has 0 saturated carbocycles. The molecule has 0 N–H and O–H groups in total. The van der Waals surface area contributed by atoms with Gasteiger partial charge in [-0.3, -0.25) is 0 Å². The first-order valence-electron chi connectivity index (χ1n) is 20.7. The Balaban J connectivity index is 0.982. The zero-order valence-corrected chi connectivity index (χ0v) is 33.6. The van der Waals surface area contributed by atoms with Crippen molar-refractivity contribution in [2.24, 2.45) is 0 Å². The highest BCUT2D eigenvalue weighted by molar-refractivity contribution is 5.85. The first-order chi connectivity index (χ1) is 30.2. The van der Waals surface area contributed by atoms with Crippen LogP contribution in [0.5, 0.6) is 0 Å². The van der Waals surface area contributed by atoms with E-state index in [1.54, 1.807) is 0 Å². The van der Waals surface area contributed by atoms with Crippen LogP contribution in [0.2, 0.25) is 0 Å². The minimum Gasteiger partial charge on any atom is -0.311 e. The molecule has 10 rings (SSSR count). The second-order valence-electron chi connectivity index (χ2n) is 15.2. The third-order valence-electron chi connectivity index (χ3n) is 11.3. The smallest absolute Gasteiger partial charge is 0.0467 e. The van der Waals surface area contributed by atoms with E-state index in [1.165, 1.54) is 44.5 Å². The van der Waals surface area contributed by atoms with Crippen LogP contribution < -0.4 is 9.80 Å². The summed E-state index contributed by atoms with van der Waals surface area (Å²) in [5.74, 6) is 0. The molecule has 288 valence electrons. The summed E-state index contributed by atoms with van der Waals surface area (Å²) >= 11 is 0. The lowest BCUT2D eigenvalue weighted by molar-refractivity contribution is 1.28. The van der Waals surface area contributed by atoms with Gasteiger partial charge in [-0.15, -0.1) is 5.73 Å². The van der Waals surface area contributed by atoms with Crippen molar-refractivity contribution in [3.63, 3.8) is 0 Å². The van der Waals surface area contributed by atoms with Crippen molar-refractivity contribution in [2.75, 3.05) is 9.80 Å². The molecule has 9 aromatic carbocycles. The molecule has 0 atom stereocenters. The van der Waals surface area contributed by atoms with E-state index in [0.717, 1.165) is 45.3 Å². The number of hydrogen-bond donors (Lipinski definition) is 0. The molecule has 2 nitrogen and oxygen atoms in total. The summed E-state index contributed by atoms with van der Waals surface area (Å²) in [6.45, 7) is 0. The van der Waals surface area contributed by atoms with E-state index in [9.17, 15) is 0 Å². The monoisotopic (exact) mass is 778 g/mol. The highest BCUT2D eigenvalue weighted by Gasteiger charge is 2.17. The molecular formula is C59H42N2. The Morgan fingerprint density at radius 1 is 0.246 bits per heavy atom. The maximum atomic E-state index is 3.18. The third kappa shape index (κ3) is 8.00. The molecule has 0 saturated heterocycles. The maximum absolute atomic E-state index is 3.18. The predicted octanol–water partition coefficient (Wildman–Crippen LogP) is 16.4. The molecule has 2 heteroatoms. The largest absolute Gasteiger partial charge is 0.311 e. The van der Waals surface area contributed by atoms with Gasteiger partial charge in [0.05, 0.1) is 0 Å². The van der Waals surface area contributed by atoms with Crippen LogP contribution in [0.4, 0.5) is 34.1 Å². The molecule has 0 unspecified atom stereocenters. The van der Waals surface area contributed by atoms with Crippen molar-refractivity contribution >= 4 is 39.7 Å². The van der Waals surface area contributed by atoms with E-state index in [2.05, 4.69) is 258 Å². The van der Waals surface area contributed by atoms with Gasteiger partial charge in [0, 0.05) is 34.1 Å². The van der Waals surface area contributed by atoms with Crippen molar-refractivity contribution in [1.82, 2.24) is 0 Å². The predicted molar refractivity (Wildman–Crippen MR) is 258 cm³/mol. The summed E-state index contributed by atoms with van der Waals surface area (Å²) in [4.78, 5) is 4.68. The number of benzene rings is 9. The standard InChI is InChI=1S/C59H42N2/c1-4-14-44(15-5-1)48-26-34-54(35-27-48)60(55-36-28-49(29-37-55)45-20-10-11-21-45)56-38-30-50(31-39-56)51-32-40-57(41-33-51)61(58-24-12-22-52(42-58)46-16-6-2-7-17-46)59-25-13-23-53(43-59)47-18-8-3-9-19-47/h1-10,12-43H. The van der Waals surface area contributed by atoms with Crippen LogP contribution in [0.15, 0.2) is 261 Å². The maximum Gasteiger partial charge on any atom is 0.0467 e. The van der Waals surface area contributed by atoms with E-state index >= 15 is 0 Å². The van der Waals surface area contributed by atoms with Crippen molar-refractivity contribution < 1.29 is 0 Å². The molecule has 1 aliphatic rings. The van der Waals surface area contributed by atoms with Crippen LogP contribution in [0.25, 0.3) is 50.1 Å². The van der Waals surface area contributed by atoms with Crippen LogP contribution in [0, 0.1) is 0 Å². The molecule has 0 spiro atoms. The zero-order valence-electron chi connectivity index (χ0n) is 33.6. The molecule has 9 aromatic rings. The van der Waals surface area contributed by atoms with Gasteiger partial charge in [-0.1, -0.05) is 164 Å². The lowest BCUT2D eigenvalue weighted by atomic mass is 10.0. The van der Waals surface area contributed by atoms with Crippen molar-refractivity contribution in [3.05, 3.63) is 266 Å². The lowest BCUT2D eigenvalue weighted by Crippen LogP contribution is -2.10. The van der Waals surface area contributed by atoms with Crippen molar-refractivity contribution in [1.29, 1.82) is 0 Å². The zero-order chi connectivity index (χ0) is 40.8. The summed E-state index contributed by atoms with van der Waals surface area (Å²) in [6.07, 6.45) is 6.10. The van der Waals surface area contributed by atoms with E-state index in [-0.39, 0.29) is 0 Å². The molecule has 0 aliphatic heterocycles. The molecule has 0 bridgehead atoms. The van der Waals surface area contributed by atoms with Crippen LogP contribution in [0.1, 0.15) is 5.56 Å². The number of hydrogen-bond acceptors (Lipinski definition) is 2. The van der Waals surface area contributed by atoms with E-state index in [0.29, 0.717) is 0 Å². The first kappa shape index (κ1) is 37.1. The quantitative estimate of drug-likeness (QED) is 0.121. The van der Waals surface area contributed by atoms with Gasteiger partial charge in [-0.25, -0.2) is 0 Å². The van der Waals surface area contributed by atoms with Gasteiger partial charge in [-0.05, 0) is 147 Å². The molecule has 61 heavy (non-hydrogen) atoms. The molecular weight excluding hydrogens is 737 g/mol. The summed E-state index contributed by atoms with van der Waals surface area (Å²) < 4.78 is 0. The fourth-order valence-electron chi connectivity index (χ4n) is 8.15. The van der Waals surface area contributed by atoms with E-state index < -0.39 is 0 Å². The van der Waals surface area contributed by atoms with Crippen LogP contribution in [-0.4, -0.2) is 0 Å². The second-order valence-corrected chi connectivity index (χ2v) is 15.2. The molecule has 0 fully saturated rings. The fourth-order valence-corrected chi connectivity index (χ4v) is 8.15. The molecule has 0 heterocycles. The molecule has 0 amide bonds. The minimum atomic E-state index is 1.09. The first-order valence-corrected chi connectivity index (χ1v) is 20.7. The topological polar surface area (TPSA) is 6.48 Å². The van der Waals surface area contributed by atoms with Gasteiger partial charge >= 0.3 is 0 Å². The number of anilines is 6. The van der Waals surface area contributed by atoms with Crippen molar-refractivity contribution in [3.8, 4) is 44.5 Å². The molecule has 0 aromatic heterocycles. The van der Waals surface area contributed by atoms with Crippen LogP contribution >= 0.6 is 0 Å². The molecule has 0 radical (unpaired) electrons. The van der Waals surface area contributed by atoms with Gasteiger partial charge in [-0.2, -0.15) is 0 Å². The van der Waals surface area contributed by atoms with Crippen LogP contribution in [-0.2, 0) is 0 Å². The Labute approximate surface area is 358 Å². The second kappa shape index (κ2) is 17.0. The lowest BCUT2D eigenvalue weighted by Gasteiger charge is -2.27. The van der Waals surface area contributed by atoms with Gasteiger partial charge in [0.1, 0.15) is 0 Å². The Morgan fingerprint density at radius 3 is 0.918 bits per heavy atom. The third-order valence-corrected chi connectivity index (χ3v) is 11.3. The Morgan fingerprint density at radius 2 is 0.557 bits per heavy atom. The summed E-state index contributed by atoms with van der Waals surface area (Å²) in [5.41, 5.74) is 21.5. The molecule has 1 aliphatic carbocycles. The minimum absolute atomic E-state index is 1.09. The Kier molecular flexibility index (Phi) is 10.3. The van der Waals surface area contributed by atoms with Gasteiger partial charge in [0.15, 0.2) is 0 Å². The normalized spacial score (nSPS) is 11.6. The summed E-state index contributed by atoms with van der Waals surface area (Å²) in [5, 5.41) is 0.